The van der Waals surface area contributed by atoms with Crippen LogP contribution in [0.2, 0.25) is 0 Å². The zero-order chi connectivity index (χ0) is 24.1. The first-order valence-electron chi connectivity index (χ1n) is 10.0. The number of hydrazine groups is 1. The molecule has 0 bridgehead atoms. The summed E-state index contributed by atoms with van der Waals surface area (Å²) in [6.07, 6.45) is 2.27. The molecule has 1 aromatic heterocycles. The first-order chi connectivity index (χ1) is 15.7. The van der Waals surface area contributed by atoms with Crippen LogP contribution in [0.25, 0.3) is 6.08 Å². The summed E-state index contributed by atoms with van der Waals surface area (Å²) < 4.78 is 16.5. The molecule has 0 radical (unpaired) electrons. The Balaban J connectivity index is 1.80. The molecule has 2 amide bonds. The molecule has 2 heterocycles. The number of carboxylic acids is 1. The normalized spacial score (nSPS) is 15.6. The number of ether oxygens (including phenoxy) is 2. The number of aliphatic carboxylic acids is 1. The maximum absolute atomic E-state index is 12.8. The Morgan fingerprint density at radius 3 is 2.67 bits per heavy atom. The number of rotatable bonds is 9. The van der Waals surface area contributed by atoms with Gasteiger partial charge in [-0.15, -0.1) is 0 Å². The summed E-state index contributed by atoms with van der Waals surface area (Å²) in [7, 11) is 0. The highest BCUT2D eigenvalue weighted by molar-refractivity contribution is 8.26. The number of carbonyl (C=O) groups excluding carboxylic acids is 2. The highest BCUT2D eigenvalue weighted by Crippen LogP contribution is 2.35. The summed E-state index contributed by atoms with van der Waals surface area (Å²) in [5.41, 5.74) is 3.42. The zero-order valence-electron chi connectivity index (χ0n) is 18.1. The molecule has 11 heteroatoms. The molecule has 174 valence electrons. The van der Waals surface area contributed by atoms with Crippen molar-refractivity contribution in [2.24, 2.45) is 0 Å². The number of nitrogens with zero attached hydrogens (tertiary/aromatic N) is 1. The van der Waals surface area contributed by atoms with Crippen LogP contribution < -0.4 is 14.9 Å². The largest absolute Gasteiger partial charge is 0.490 e. The molecular weight excluding hydrogens is 468 g/mol. The van der Waals surface area contributed by atoms with E-state index in [1.807, 2.05) is 0 Å². The van der Waals surface area contributed by atoms with Gasteiger partial charge >= 0.3 is 5.97 Å². The van der Waals surface area contributed by atoms with Gasteiger partial charge in [-0.2, -0.15) is 5.01 Å². The van der Waals surface area contributed by atoms with Crippen LogP contribution in [0.4, 0.5) is 0 Å². The highest BCUT2D eigenvalue weighted by atomic mass is 32.2. The SMILES string of the molecule is CCOc1cc(/C=C2/SC(=S)N(NC(=O)c3ccoc3C)C2=O)ccc1OC(CC)C(=O)O. The predicted octanol–water partition coefficient (Wildman–Crippen LogP) is 3.77. The van der Waals surface area contributed by atoms with Gasteiger partial charge in [0.2, 0.25) is 0 Å². The molecule has 0 spiro atoms. The molecule has 1 atom stereocenters. The number of hydrogen-bond acceptors (Lipinski definition) is 8. The Morgan fingerprint density at radius 1 is 1.30 bits per heavy atom. The molecule has 1 aromatic carbocycles. The highest BCUT2D eigenvalue weighted by Gasteiger charge is 2.34. The molecule has 1 saturated heterocycles. The van der Waals surface area contributed by atoms with Gasteiger partial charge in [-0.25, -0.2) is 4.79 Å². The third-order valence-corrected chi connectivity index (χ3v) is 5.89. The number of thioether (sulfide) groups is 1. The van der Waals surface area contributed by atoms with E-state index in [0.717, 1.165) is 16.8 Å². The van der Waals surface area contributed by atoms with Gasteiger partial charge in [0.25, 0.3) is 11.8 Å². The number of thiocarbonyl (C=S) groups is 1. The number of hydrogen-bond donors (Lipinski definition) is 2. The fraction of sp³-hybridized carbons (Fsp3) is 0.273. The lowest BCUT2D eigenvalue weighted by molar-refractivity contribution is -0.145. The van der Waals surface area contributed by atoms with Crippen LogP contribution in [0.15, 0.2) is 39.9 Å². The van der Waals surface area contributed by atoms with Crippen molar-refractivity contribution in [1.29, 1.82) is 0 Å². The Bertz CT molecular complexity index is 1130. The van der Waals surface area contributed by atoms with Crippen LogP contribution in [0.3, 0.4) is 0 Å². The van der Waals surface area contributed by atoms with Crippen molar-refractivity contribution in [3.63, 3.8) is 0 Å². The average Bonchev–Trinajstić information content (AvgIpc) is 3.31. The number of carbonyl (C=O) groups is 3. The Morgan fingerprint density at radius 2 is 2.06 bits per heavy atom. The minimum atomic E-state index is -1.07. The van der Waals surface area contributed by atoms with E-state index in [4.69, 9.17) is 26.1 Å². The maximum atomic E-state index is 12.8. The van der Waals surface area contributed by atoms with Crippen molar-refractivity contribution in [3.05, 3.63) is 52.3 Å². The fourth-order valence-electron chi connectivity index (χ4n) is 2.94. The van der Waals surface area contributed by atoms with Gasteiger partial charge in [-0.1, -0.05) is 24.8 Å². The number of amides is 2. The van der Waals surface area contributed by atoms with E-state index in [-0.39, 0.29) is 10.7 Å². The number of carboxylic acid groups (broad SMARTS) is 1. The first-order valence-corrected chi connectivity index (χ1v) is 11.3. The van der Waals surface area contributed by atoms with Crippen molar-refractivity contribution < 1.29 is 33.4 Å². The van der Waals surface area contributed by atoms with Crippen molar-refractivity contribution in [2.45, 2.75) is 33.3 Å². The van der Waals surface area contributed by atoms with Gasteiger partial charge in [-0.3, -0.25) is 15.0 Å². The Kier molecular flexibility index (Phi) is 7.77. The van der Waals surface area contributed by atoms with Gasteiger partial charge < -0.3 is 19.0 Å². The molecule has 1 unspecified atom stereocenters. The second-order valence-electron chi connectivity index (χ2n) is 6.84. The van der Waals surface area contributed by atoms with E-state index >= 15 is 0 Å². The van der Waals surface area contributed by atoms with Gasteiger partial charge in [0.1, 0.15) is 5.76 Å². The molecule has 1 fully saturated rings. The molecule has 2 aromatic rings. The molecule has 1 aliphatic rings. The quantitative estimate of drug-likeness (QED) is 0.400. The summed E-state index contributed by atoms with van der Waals surface area (Å²) in [5, 5.41) is 10.3. The molecule has 33 heavy (non-hydrogen) atoms. The van der Waals surface area contributed by atoms with Crippen LogP contribution in [0.5, 0.6) is 11.5 Å². The van der Waals surface area contributed by atoms with Crippen molar-refractivity contribution >= 4 is 52.2 Å². The first kappa shape index (κ1) is 24.3. The maximum Gasteiger partial charge on any atom is 0.344 e. The molecule has 1 aliphatic heterocycles. The third kappa shape index (κ3) is 5.55. The van der Waals surface area contributed by atoms with E-state index in [9.17, 15) is 19.5 Å². The third-order valence-electron chi connectivity index (χ3n) is 4.59. The monoisotopic (exact) mass is 490 g/mol. The molecule has 2 N–H and O–H groups in total. The van der Waals surface area contributed by atoms with Gasteiger partial charge in [0.15, 0.2) is 21.9 Å². The molecule has 0 saturated carbocycles. The van der Waals surface area contributed by atoms with Gasteiger partial charge in [-0.05, 0) is 62.3 Å². The van der Waals surface area contributed by atoms with Crippen molar-refractivity contribution in [2.75, 3.05) is 6.61 Å². The smallest absolute Gasteiger partial charge is 0.344 e. The number of nitrogens with one attached hydrogen (secondary N) is 1. The Labute approximate surface area is 199 Å². The fourth-order valence-corrected chi connectivity index (χ4v) is 4.12. The van der Waals surface area contributed by atoms with Crippen LogP contribution >= 0.6 is 24.0 Å². The van der Waals surface area contributed by atoms with E-state index in [0.29, 0.717) is 39.9 Å². The Hall–Kier alpha value is -3.31. The molecular formula is C22H22N2O7S2. The van der Waals surface area contributed by atoms with Crippen molar-refractivity contribution in [3.8, 4) is 11.5 Å². The van der Waals surface area contributed by atoms with E-state index in [2.05, 4.69) is 5.43 Å². The predicted molar refractivity (Wildman–Crippen MR) is 126 cm³/mol. The molecule has 3 rings (SSSR count). The van der Waals surface area contributed by atoms with Crippen LogP contribution in [-0.2, 0) is 9.59 Å². The van der Waals surface area contributed by atoms with E-state index < -0.39 is 23.9 Å². The van der Waals surface area contributed by atoms with E-state index in [1.165, 1.54) is 12.3 Å². The average molecular weight is 491 g/mol. The lowest BCUT2D eigenvalue weighted by atomic mass is 10.1. The summed E-state index contributed by atoms with van der Waals surface area (Å²) in [6.45, 7) is 5.48. The minimum absolute atomic E-state index is 0.179. The summed E-state index contributed by atoms with van der Waals surface area (Å²) in [6, 6.07) is 6.41. The van der Waals surface area contributed by atoms with Crippen molar-refractivity contribution in [1.82, 2.24) is 10.4 Å². The lowest BCUT2D eigenvalue weighted by Gasteiger charge is -2.17. The summed E-state index contributed by atoms with van der Waals surface area (Å²) >= 11 is 6.30. The van der Waals surface area contributed by atoms with E-state index in [1.54, 1.807) is 45.0 Å². The summed E-state index contributed by atoms with van der Waals surface area (Å²) in [4.78, 5) is 36.9. The topological polar surface area (TPSA) is 118 Å². The number of furan rings is 1. The van der Waals surface area contributed by atoms with Crippen LogP contribution in [0.1, 0.15) is 41.9 Å². The second kappa shape index (κ2) is 10.5. The standard InChI is InChI=1S/C22H22N2O7S2/c1-4-15(21(27)28)31-16-7-6-13(10-17(16)29-5-2)11-18-20(26)24(22(32)33-18)23-19(25)14-8-9-30-12(14)3/h6-11,15H,4-5H2,1-3H3,(H,23,25)(H,27,28)/b18-11+. The minimum Gasteiger partial charge on any atom is -0.490 e. The zero-order valence-corrected chi connectivity index (χ0v) is 19.7. The molecule has 0 aliphatic carbocycles. The number of aryl methyl sites for hydroxylation is 1. The van der Waals surface area contributed by atoms with Gasteiger partial charge in [0, 0.05) is 0 Å². The molecule has 9 nitrogen and oxygen atoms in total. The number of benzene rings is 1. The summed E-state index contributed by atoms with van der Waals surface area (Å²) in [5.74, 6) is -0.992. The van der Waals surface area contributed by atoms with Gasteiger partial charge in [0.05, 0.1) is 23.3 Å². The van der Waals surface area contributed by atoms with Crippen LogP contribution in [-0.4, -0.2) is 44.9 Å². The van der Waals surface area contributed by atoms with Crippen LogP contribution in [0, 0.1) is 6.92 Å². The second-order valence-corrected chi connectivity index (χ2v) is 8.52. The lowest BCUT2D eigenvalue weighted by Crippen LogP contribution is -2.44.